The van der Waals surface area contributed by atoms with Gasteiger partial charge in [0.1, 0.15) is 5.82 Å². The number of hydrogen-bond acceptors (Lipinski definition) is 2. The van der Waals surface area contributed by atoms with Crippen molar-refractivity contribution in [3.05, 3.63) is 56.7 Å². The van der Waals surface area contributed by atoms with Crippen molar-refractivity contribution in [2.24, 2.45) is 0 Å². The maximum absolute atomic E-state index is 13.8. The molecule has 0 spiro atoms. The normalized spacial score (nSPS) is 10.3. The summed E-state index contributed by atoms with van der Waals surface area (Å²) in [5, 5.41) is 5.65. The smallest absolute Gasteiger partial charge is 0.221 e. The maximum atomic E-state index is 13.8. The van der Waals surface area contributed by atoms with Crippen LogP contribution in [0.2, 0.25) is 0 Å². The predicted molar refractivity (Wildman–Crippen MR) is 89.9 cm³/mol. The SMILES string of the molecule is CC(=O)Nc1ccc(F)c(NCc2ccc(Br)c(Br)c2)c1. The van der Waals surface area contributed by atoms with Gasteiger partial charge in [-0.3, -0.25) is 4.79 Å². The lowest BCUT2D eigenvalue weighted by molar-refractivity contribution is -0.114. The molecule has 0 aliphatic heterocycles. The Morgan fingerprint density at radius 2 is 1.90 bits per heavy atom. The molecule has 0 atom stereocenters. The van der Waals surface area contributed by atoms with Gasteiger partial charge in [-0.2, -0.15) is 0 Å². The second kappa shape index (κ2) is 7.04. The molecule has 3 nitrogen and oxygen atoms in total. The van der Waals surface area contributed by atoms with E-state index in [9.17, 15) is 9.18 Å². The Morgan fingerprint density at radius 1 is 1.14 bits per heavy atom. The molecule has 0 fully saturated rings. The number of halogens is 3. The number of benzene rings is 2. The fraction of sp³-hybridized carbons (Fsp3) is 0.133. The Bertz CT molecular complexity index is 677. The van der Waals surface area contributed by atoms with Crippen molar-refractivity contribution in [2.45, 2.75) is 13.5 Å². The summed E-state index contributed by atoms with van der Waals surface area (Å²) >= 11 is 6.83. The second-order valence-corrected chi connectivity index (χ2v) is 6.19. The molecule has 2 aromatic carbocycles. The van der Waals surface area contributed by atoms with Crippen LogP contribution in [0.1, 0.15) is 12.5 Å². The summed E-state index contributed by atoms with van der Waals surface area (Å²) in [6.45, 7) is 1.89. The van der Waals surface area contributed by atoms with Crippen molar-refractivity contribution in [3.63, 3.8) is 0 Å². The summed E-state index contributed by atoms with van der Waals surface area (Å²) in [5.74, 6) is -0.551. The van der Waals surface area contributed by atoms with Gasteiger partial charge in [-0.1, -0.05) is 6.07 Å². The van der Waals surface area contributed by atoms with Crippen LogP contribution in [0.3, 0.4) is 0 Å². The number of rotatable bonds is 4. The lowest BCUT2D eigenvalue weighted by atomic mass is 10.2. The van der Waals surface area contributed by atoms with Gasteiger partial charge in [-0.05, 0) is 67.8 Å². The number of anilines is 2. The van der Waals surface area contributed by atoms with E-state index in [4.69, 9.17) is 0 Å². The molecule has 0 radical (unpaired) electrons. The van der Waals surface area contributed by atoms with Crippen molar-refractivity contribution in [1.82, 2.24) is 0 Å². The third-order valence-electron chi connectivity index (χ3n) is 2.75. The molecule has 0 saturated carbocycles. The van der Waals surface area contributed by atoms with Gasteiger partial charge in [0.05, 0.1) is 5.69 Å². The summed E-state index contributed by atoms with van der Waals surface area (Å²) in [7, 11) is 0. The van der Waals surface area contributed by atoms with Crippen LogP contribution in [-0.4, -0.2) is 5.91 Å². The second-order valence-electron chi connectivity index (χ2n) is 4.48. The van der Waals surface area contributed by atoms with Gasteiger partial charge in [0.2, 0.25) is 5.91 Å². The van der Waals surface area contributed by atoms with E-state index in [0.29, 0.717) is 17.9 Å². The Balaban J connectivity index is 2.11. The number of hydrogen-bond donors (Lipinski definition) is 2. The summed E-state index contributed by atoms with van der Waals surface area (Å²) in [4.78, 5) is 11.0. The highest BCUT2D eigenvalue weighted by Gasteiger charge is 2.05. The quantitative estimate of drug-likeness (QED) is 0.743. The van der Waals surface area contributed by atoms with Crippen LogP contribution in [0, 0.1) is 5.82 Å². The minimum absolute atomic E-state index is 0.190. The van der Waals surface area contributed by atoms with E-state index in [1.165, 1.54) is 19.1 Å². The molecule has 2 N–H and O–H groups in total. The van der Waals surface area contributed by atoms with Gasteiger partial charge < -0.3 is 10.6 Å². The summed E-state index contributed by atoms with van der Waals surface area (Å²) in [5.41, 5.74) is 1.91. The van der Waals surface area contributed by atoms with E-state index in [0.717, 1.165) is 14.5 Å². The van der Waals surface area contributed by atoms with Gasteiger partial charge in [-0.15, -0.1) is 0 Å². The van der Waals surface area contributed by atoms with Gasteiger partial charge in [0, 0.05) is 28.1 Å². The standard InChI is InChI=1S/C15H13Br2FN2O/c1-9(21)20-11-3-5-14(18)15(7-11)19-8-10-2-4-12(16)13(17)6-10/h2-7,19H,8H2,1H3,(H,20,21). The summed E-state index contributed by atoms with van der Waals surface area (Å²) < 4.78 is 15.7. The minimum atomic E-state index is -0.361. The monoisotopic (exact) mass is 414 g/mol. The van der Waals surface area contributed by atoms with Crippen LogP contribution in [0.4, 0.5) is 15.8 Å². The number of nitrogens with one attached hydrogen (secondary N) is 2. The first-order valence-corrected chi connectivity index (χ1v) is 7.79. The molecule has 0 aliphatic carbocycles. The molecule has 6 heteroatoms. The van der Waals surface area contributed by atoms with Crippen LogP contribution >= 0.6 is 31.9 Å². The van der Waals surface area contributed by atoms with Crippen LogP contribution in [-0.2, 0) is 11.3 Å². The summed E-state index contributed by atoms with van der Waals surface area (Å²) in [6, 6.07) is 10.2. The Labute approximate surface area is 139 Å². The molecule has 0 saturated heterocycles. The van der Waals surface area contributed by atoms with Crippen LogP contribution in [0.5, 0.6) is 0 Å². The fourth-order valence-electron chi connectivity index (χ4n) is 1.79. The average Bonchev–Trinajstić information content (AvgIpc) is 2.42. The van der Waals surface area contributed by atoms with Crippen LogP contribution in [0.25, 0.3) is 0 Å². The zero-order valence-corrected chi connectivity index (χ0v) is 14.4. The number of amides is 1. The van der Waals surface area contributed by atoms with E-state index in [2.05, 4.69) is 42.5 Å². The van der Waals surface area contributed by atoms with Crippen LogP contribution < -0.4 is 10.6 Å². The molecule has 110 valence electrons. The van der Waals surface area contributed by atoms with Crippen molar-refractivity contribution < 1.29 is 9.18 Å². The van der Waals surface area contributed by atoms with E-state index < -0.39 is 0 Å². The van der Waals surface area contributed by atoms with Gasteiger partial charge in [0.15, 0.2) is 0 Å². The first kappa shape index (κ1) is 16.0. The molecule has 0 bridgehead atoms. The largest absolute Gasteiger partial charge is 0.379 e. The molecule has 2 rings (SSSR count). The summed E-state index contributed by atoms with van der Waals surface area (Å²) in [6.07, 6.45) is 0. The van der Waals surface area contributed by atoms with Crippen molar-refractivity contribution in [3.8, 4) is 0 Å². The first-order valence-electron chi connectivity index (χ1n) is 6.20. The molecular weight excluding hydrogens is 403 g/mol. The van der Waals surface area contributed by atoms with Crippen molar-refractivity contribution in [1.29, 1.82) is 0 Å². The van der Waals surface area contributed by atoms with Crippen LogP contribution in [0.15, 0.2) is 45.3 Å². The van der Waals surface area contributed by atoms with E-state index in [-0.39, 0.29) is 11.7 Å². The van der Waals surface area contributed by atoms with Crippen molar-refractivity contribution in [2.75, 3.05) is 10.6 Å². The molecular formula is C15H13Br2FN2O. The Morgan fingerprint density at radius 3 is 2.57 bits per heavy atom. The number of carbonyl (C=O) groups is 1. The highest BCUT2D eigenvalue weighted by atomic mass is 79.9. The Hall–Kier alpha value is -1.40. The highest BCUT2D eigenvalue weighted by Crippen LogP contribution is 2.25. The highest BCUT2D eigenvalue weighted by molar-refractivity contribution is 9.13. The molecule has 21 heavy (non-hydrogen) atoms. The molecule has 1 amide bonds. The van der Waals surface area contributed by atoms with Crippen molar-refractivity contribution >= 4 is 49.1 Å². The van der Waals surface area contributed by atoms with E-state index in [1.807, 2.05) is 18.2 Å². The lowest BCUT2D eigenvalue weighted by Gasteiger charge is -2.11. The molecule has 0 heterocycles. The Kier molecular flexibility index (Phi) is 5.36. The number of carbonyl (C=O) groups excluding carboxylic acids is 1. The topological polar surface area (TPSA) is 41.1 Å². The predicted octanol–water partition coefficient (Wildman–Crippen LogP) is 4.92. The third kappa shape index (κ3) is 4.54. The van der Waals surface area contributed by atoms with Gasteiger partial charge >= 0.3 is 0 Å². The zero-order chi connectivity index (χ0) is 15.4. The zero-order valence-electron chi connectivity index (χ0n) is 11.2. The van der Waals surface area contributed by atoms with Gasteiger partial charge in [0.25, 0.3) is 0 Å². The van der Waals surface area contributed by atoms with Gasteiger partial charge in [-0.25, -0.2) is 4.39 Å². The molecule has 0 aromatic heterocycles. The maximum Gasteiger partial charge on any atom is 0.221 e. The molecule has 0 aliphatic rings. The first-order chi connectivity index (χ1) is 9.95. The third-order valence-corrected chi connectivity index (χ3v) is 4.63. The fourth-order valence-corrected chi connectivity index (χ4v) is 2.46. The minimum Gasteiger partial charge on any atom is -0.379 e. The molecule has 2 aromatic rings. The lowest BCUT2D eigenvalue weighted by Crippen LogP contribution is -2.07. The van der Waals surface area contributed by atoms with E-state index in [1.54, 1.807) is 6.07 Å². The molecule has 0 unspecified atom stereocenters. The average molecular weight is 416 g/mol. The van der Waals surface area contributed by atoms with E-state index >= 15 is 0 Å².